The normalized spacial score (nSPS) is 10.4. The molecule has 4 nitrogen and oxygen atoms in total. The van der Waals surface area contributed by atoms with Gasteiger partial charge in [0, 0.05) is 27.2 Å². The van der Waals surface area contributed by atoms with E-state index in [0.29, 0.717) is 18.8 Å². The zero-order valence-electron chi connectivity index (χ0n) is 12.7. The van der Waals surface area contributed by atoms with Gasteiger partial charge in [0.25, 0.3) is 0 Å². The van der Waals surface area contributed by atoms with Crippen molar-refractivity contribution in [1.82, 2.24) is 10.2 Å². The quantitative estimate of drug-likeness (QED) is 0.828. The van der Waals surface area contributed by atoms with Gasteiger partial charge in [-0.25, -0.2) is 4.39 Å². The molecule has 0 unspecified atom stereocenters. The lowest BCUT2D eigenvalue weighted by Crippen LogP contribution is -2.38. The molecule has 0 atom stereocenters. The molecule has 112 valence electrons. The summed E-state index contributed by atoms with van der Waals surface area (Å²) >= 11 is 0. The number of likely N-dealkylation sites (N-methyl/N-ethyl adjacent to an activating group) is 1. The van der Waals surface area contributed by atoms with E-state index in [1.807, 2.05) is 24.9 Å². The van der Waals surface area contributed by atoms with E-state index in [2.05, 4.69) is 5.32 Å². The fourth-order valence-corrected chi connectivity index (χ4v) is 2.09. The lowest BCUT2D eigenvalue weighted by Gasteiger charge is -2.28. The third-order valence-electron chi connectivity index (χ3n) is 3.07. The second kappa shape index (κ2) is 7.85. The van der Waals surface area contributed by atoms with Gasteiger partial charge in [-0.05, 0) is 25.1 Å². The number of amides is 1. The van der Waals surface area contributed by atoms with Crippen molar-refractivity contribution in [2.75, 3.05) is 39.1 Å². The number of carbonyl (C=O) groups is 1. The molecule has 0 aliphatic carbocycles. The predicted octanol–water partition coefficient (Wildman–Crippen LogP) is 1.85. The lowest BCUT2D eigenvalue weighted by atomic mass is 10.1. The van der Waals surface area contributed by atoms with E-state index in [1.54, 1.807) is 20.2 Å². The number of carbonyl (C=O) groups excluding carboxylic acids is 1. The molecule has 0 bridgehead atoms. The van der Waals surface area contributed by atoms with E-state index in [0.717, 1.165) is 12.0 Å². The van der Waals surface area contributed by atoms with Crippen LogP contribution in [0.15, 0.2) is 18.2 Å². The zero-order chi connectivity index (χ0) is 15.1. The maximum Gasteiger partial charge on any atom is 0.241 e. The molecule has 20 heavy (non-hydrogen) atoms. The van der Waals surface area contributed by atoms with Crippen molar-refractivity contribution in [2.45, 2.75) is 19.9 Å². The Hall–Kier alpha value is -1.62. The zero-order valence-corrected chi connectivity index (χ0v) is 12.7. The highest BCUT2D eigenvalue weighted by Crippen LogP contribution is 2.25. The third kappa shape index (κ3) is 4.20. The van der Waals surface area contributed by atoms with Crippen LogP contribution in [0.3, 0.4) is 0 Å². The van der Waals surface area contributed by atoms with Crippen LogP contribution in [0.25, 0.3) is 0 Å². The average Bonchev–Trinajstić information content (AvgIpc) is 2.38. The van der Waals surface area contributed by atoms with Crippen LogP contribution in [0.5, 0.6) is 0 Å². The van der Waals surface area contributed by atoms with Gasteiger partial charge in [-0.15, -0.1) is 0 Å². The highest BCUT2D eigenvalue weighted by Gasteiger charge is 2.18. The van der Waals surface area contributed by atoms with Crippen molar-refractivity contribution in [3.05, 3.63) is 29.6 Å². The summed E-state index contributed by atoms with van der Waals surface area (Å²) in [6.45, 7) is 3.44. The minimum atomic E-state index is -0.280. The van der Waals surface area contributed by atoms with Gasteiger partial charge in [0.05, 0.1) is 12.2 Å². The molecule has 0 aromatic heterocycles. The van der Waals surface area contributed by atoms with Crippen LogP contribution in [0, 0.1) is 5.82 Å². The van der Waals surface area contributed by atoms with Crippen molar-refractivity contribution < 1.29 is 9.18 Å². The number of nitrogens with one attached hydrogen (secondary N) is 1. The molecule has 0 aliphatic heterocycles. The summed E-state index contributed by atoms with van der Waals surface area (Å²) in [7, 11) is 5.24. The summed E-state index contributed by atoms with van der Waals surface area (Å²) < 4.78 is 14.2. The van der Waals surface area contributed by atoms with Gasteiger partial charge >= 0.3 is 0 Å². The Morgan fingerprint density at radius 3 is 2.60 bits per heavy atom. The number of rotatable bonds is 7. The molecule has 0 heterocycles. The third-order valence-corrected chi connectivity index (χ3v) is 3.07. The standard InChI is InChI=1S/C15H24FN3O/c1-5-9-19(11-14(20)18(3)4)15-12(10-17-2)7-6-8-13(15)16/h6-8,17H,5,9-11H2,1-4H3. The highest BCUT2D eigenvalue weighted by atomic mass is 19.1. The SMILES string of the molecule is CCCN(CC(=O)N(C)C)c1c(F)cccc1CNC. The first kappa shape index (κ1) is 16.4. The molecule has 0 spiro atoms. The first-order valence-electron chi connectivity index (χ1n) is 6.88. The molecule has 5 heteroatoms. The largest absolute Gasteiger partial charge is 0.360 e. The van der Waals surface area contributed by atoms with Crippen molar-refractivity contribution in [2.24, 2.45) is 0 Å². The van der Waals surface area contributed by atoms with Gasteiger partial charge < -0.3 is 15.1 Å². The Labute approximate surface area is 120 Å². The molecule has 1 rings (SSSR count). The lowest BCUT2D eigenvalue weighted by molar-refractivity contribution is -0.127. The van der Waals surface area contributed by atoms with Crippen molar-refractivity contribution in [3.8, 4) is 0 Å². The molecular formula is C15H24FN3O. The van der Waals surface area contributed by atoms with E-state index in [-0.39, 0.29) is 18.3 Å². The number of hydrogen-bond donors (Lipinski definition) is 1. The van der Waals surface area contributed by atoms with Crippen LogP contribution in [-0.2, 0) is 11.3 Å². The van der Waals surface area contributed by atoms with E-state index in [1.165, 1.54) is 11.0 Å². The summed E-state index contributed by atoms with van der Waals surface area (Å²) in [6.07, 6.45) is 0.855. The smallest absolute Gasteiger partial charge is 0.241 e. The number of anilines is 1. The maximum absolute atomic E-state index is 14.2. The number of para-hydroxylation sites is 1. The number of nitrogens with zero attached hydrogens (tertiary/aromatic N) is 2. The van der Waals surface area contributed by atoms with Crippen LogP contribution in [0.2, 0.25) is 0 Å². The van der Waals surface area contributed by atoms with E-state index in [4.69, 9.17) is 0 Å². The van der Waals surface area contributed by atoms with Gasteiger partial charge in [-0.3, -0.25) is 4.79 Å². The van der Waals surface area contributed by atoms with Gasteiger partial charge in [0.2, 0.25) is 5.91 Å². The van der Waals surface area contributed by atoms with Gasteiger partial charge in [-0.2, -0.15) is 0 Å². The Bertz CT molecular complexity index is 449. The Morgan fingerprint density at radius 1 is 1.35 bits per heavy atom. The summed E-state index contributed by atoms with van der Waals surface area (Å²) in [5.41, 5.74) is 1.39. The summed E-state index contributed by atoms with van der Waals surface area (Å²) in [5, 5.41) is 3.04. The van der Waals surface area contributed by atoms with Crippen LogP contribution in [-0.4, -0.2) is 45.0 Å². The van der Waals surface area contributed by atoms with Crippen molar-refractivity contribution >= 4 is 11.6 Å². The fourth-order valence-electron chi connectivity index (χ4n) is 2.09. The molecule has 0 saturated heterocycles. The van der Waals surface area contributed by atoms with Gasteiger partial charge in [-0.1, -0.05) is 19.1 Å². The van der Waals surface area contributed by atoms with Crippen LogP contribution < -0.4 is 10.2 Å². The Kier molecular flexibility index (Phi) is 6.45. The number of hydrogen-bond acceptors (Lipinski definition) is 3. The fraction of sp³-hybridized carbons (Fsp3) is 0.533. The minimum Gasteiger partial charge on any atom is -0.360 e. The average molecular weight is 281 g/mol. The first-order chi connectivity index (χ1) is 9.51. The van der Waals surface area contributed by atoms with Gasteiger partial charge in [0.1, 0.15) is 5.82 Å². The van der Waals surface area contributed by atoms with Crippen LogP contribution >= 0.6 is 0 Å². The Morgan fingerprint density at radius 2 is 2.05 bits per heavy atom. The summed E-state index contributed by atoms with van der Waals surface area (Å²) in [5.74, 6) is -0.310. The molecule has 0 fully saturated rings. The van der Waals surface area contributed by atoms with Gasteiger partial charge in [0.15, 0.2) is 0 Å². The minimum absolute atomic E-state index is 0.0305. The molecule has 0 saturated carbocycles. The number of halogens is 1. The van der Waals surface area contributed by atoms with E-state index in [9.17, 15) is 9.18 Å². The molecule has 0 aliphatic rings. The molecule has 1 N–H and O–H groups in total. The highest BCUT2D eigenvalue weighted by molar-refractivity contribution is 5.81. The molecule has 1 aromatic rings. The topological polar surface area (TPSA) is 35.6 Å². The predicted molar refractivity (Wildman–Crippen MR) is 80.4 cm³/mol. The van der Waals surface area contributed by atoms with E-state index < -0.39 is 0 Å². The summed E-state index contributed by atoms with van der Waals surface area (Å²) in [4.78, 5) is 15.3. The van der Waals surface area contributed by atoms with E-state index >= 15 is 0 Å². The van der Waals surface area contributed by atoms with Crippen molar-refractivity contribution in [1.29, 1.82) is 0 Å². The second-order valence-electron chi connectivity index (χ2n) is 4.99. The molecule has 1 amide bonds. The first-order valence-corrected chi connectivity index (χ1v) is 6.88. The van der Waals surface area contributed by atoms with Crippen LogP contribution in [0.4, 0.5) is 10.1 Å². The monoisotopic (exact) mass is 281 g/mol. The number of benzene rings is 1. The maximum atomic E-state index is 14.2. The molecular weight excluding hydrogens is 257 g/mol. The molecule has 0 radical (unpaired) electrons. The van der Waals surface area contributed by atoms with Crippen LogP contribution in [0.1, 0.15) is 18.9 Å². The Balaban J connectivity index is 3.10. The van der Waals surface area contributed by atoms with Crippen molar-refractivity contribution in [3.63, 3.8) is 0 Å². The molecule has 1 aromatic carbocycles. The second-order valence-corrected chi connectivity index (χ2v) is 4.99. The summed E-state index contributed by atoms with van der Waals surface area (Å²) in [6, 6.07) is 5.03.